The van der Waals surface area contributed by atoms with Gasteiger partial charge >= 0.3 is 0 Å². The largest absolute Gasteiger partial charge is 0.317 e. The Labute approximate surface area is 189 Å². The van der Waals surface area contributed by atoms with Crippen LogP contribution in [-0.4, -0.2) is 31.2 Å². The van der Waals surface area contributed by atoms with Crippen LogP contribution >= 0.6 is 0 Å². The maximum absolute atomic E-state index is 13.3. The van der Waals surface area contributed by atoms with Crippen molar-refractivity contribution in [2.24, 2.45) is 5.92 Å². The maximum atomic E-state index is 13.3. The number of benzene rings is 3. The highest BCUT2D eigenvalue weighted by Crippen LogP contribution is 2.28. The molecule has 0 radical (unpaired) electrons. The molecular formula is C27H28N2O2S. The number of aromatic nitrogens is 1. The molecule has 4 aromatic rings. The van der Waals surface area contributed by atoms with Gasteiger partial charge in [0.2, 0.25) is 10.0 Å². The van der Waals surface area contributed by atoms with Crippen molar-refractivity contribution in [2.75, 3.05) is 18.8 Å². The van der Waals surface area contributed by atoms with Crippen LogP contribution in [0.1, 0.15) is 24.0 Å². The number of nitrogens with one attached hydrogen (secondary N) is 1. The Balaban J connectivity index is 1.43. The van der Waals surface area contributed by atoms with Gasteiger partial charge in [0.25, 0.3) is 0 Å². The molecule has 3 aromatic carbocycles. The van der Waals surface area contributed by atoms with Crippen molar-refractivity contribution >= 4 is 37.8 Å². The summed E-state index contributed by atoms with van der Waals surface area (Å²) < 4.78 is 28.1. The molecule has 5 rings (SSSR count). The fourth-order valence-corrected chi connectivity index (χ4v) is 6.03. The molecule has 0 bridgehead atoms. The number of para-hydroxylation sites is 1. The zero-order chi connectivity index (χ0) is 22.0. The van der Waals surface area contributed by atoms with Gasteiger partial charge in [-0.25, -0.2) is 12.4 Å². The highest BCUT2D eigenvalue weighted by molar-refractivity contribution is 7.90. The number of hydrogen-bond donors (Lipinski definition) is 1. The monoisotopic (exact) mass is 444 g/mol. The van der Waals surface area contributed by atoms with Crippen LogP contribution in [-0.2, 0) is 16.4 Å². The Bertz CT molecular complexity index is 1370. The highest BCUT2D eigenvalue weighted by atomic mass is 32.2. The van der Waals surface area contributed by atoms with E-state index in [4.69, 9.17) is 0 Å². The first-order valence-corrected chi connectivity index (χ1v) is 12.9. The van der Waals surface area contributed by atoms with E-state index in [1.54, 1.807) is 6.08 Å². The average Bonchev–Trinajstić information content (AvgIpc) is 3.19. The molecule has 0 unspecified atom stereocenters. The van der Waals surface area contributed by atoms with Gasteiger partial charge in [0.15, 0.2) is 0 Å². The van der Waals surface area contributed by atoms with E-state index < -0.39 is 10.0 Å². The fourth-order valence-electron chi connectivity index (χ4n) is 4.78. The quantitative estimate of drug-likeness (QED) is 0.443. The standard InChI is InChI=1S/C27H28N2O2S/c30-32(31,18-6-10-23-9-5-8-22-7-1-2-11-25(22)23)29-20-24(19-21-14-16-28-17-15-21)26-12-3-4-13-27(26)29/h1-13,20-21,28H,14-19H2. The third-order valence-corrected chi connectivity index (χ3v) is 7.97. The molecule has 5 heteroatoms. The topological polar surface area (TPSA) is 51.1 Å². The Morgan fingerprint density at radius 2 is 1.62 bits per heavy atom. The summed E-state index contributed by atoms with van der Waals surface area (Å²) in [5.41, 5.74) is 2.94. The molecule has 1 N–H and O–H groups in total. The van der Waals surface area contributed by atoms with Crippen LogP contribution in [0.2, 0.25) is 0 Å². The zero-order valence-electron chi connectivity index (χ0n) is 18.1. The minimum atomic E-state index is -3.51. The van der Waals surface area contributed by atoms with Crippen molar-refractivity contribution in [3.05, 3.63) is 90.1 Å². The molecule has 4 nitrogen and oxygen atoms in total. The van der Waals surface area contributed by atoms with Crippen LogP contribution in [0.3, 0.4) is 0 Å². The van der Waals surface area contributed by atoms with Crippen LogP contribution in [0.25, 0.3) is 27.8 Å². The molecule has 0 amide bonds. The number of rotatable bonds is 6. The Morgan fingerprint density at radius 1 is 0.906 bits per heavy atom. The SMILES string of the molecule is O=S(=O)(CC=Cc1cccc2ccccc12)n1cc(CC2CCNCC2)c2ccccc21. The summed E-state index contributed by atoms with van der Waals surface area (Å²) in [6, 6.07) is 22.1. The Kier molecular flexibility index (Phi) is 5.85. The van der Waals surface area contributed by atoms with Crippen LogP contribution in [0.15, 0.2) is 79.0 Å². The summed E-state index contributed by atoms with van der Waals surface area (Å²) >= 11 is 0. The molecule has 32 heavy (non-hydrogen) atoms. The molecule has 164 valence electrons. The molecule has 1 fully saturated rings. The van der Waals surface area contributed by atoms with Gasteiger partial charge < -0.3 is 5.32 Å². The minimum Gasteiger partial charge on any atom is -0.317 e. The van der Waals surface area contributed by atoms with Crippen molar-refractivity contribution in [1.82, 2.24) is 9.29 Å². The minimum absolute atomic E-state index is 0.0400. The third kappa shape index (κ3) is 4.23. The number of nitrogens with zero attached hydrogens (tertiary/aromatic N) is 1. The summed E-state index contributed by atoms with van der Waals surface area (Å²) in [5, 5.41) is 6.73. The summed E-state index contributed by atoms with van der Waals surface area (Å²) in [5.74, 6) is 0.561. The first-order valence-electron chi connectivity index (χ1n) is 11.3. The smallest absolute Gasteiger partial charge is 0.242 e. The molecule has 0 spiro atoms. The van der Waals surface area contributed by atoms with Gasteiger partial charge in [0, 0.05) is 11.6 Å². The maximum Gasteiger partial charge on any atom is 0.242 e. The van der Waals surface area contributed by atoms with E-state index in [-0.39, 0.29) is 5.75 Å². The van der Waals surface area contributed by atoms with E-state index >= 15 is 0 Å². The summed E-state index contributed by atoms with van der Waals surface area (Å²) in [6.45, 7) is 2.08. The number of hydrogen-bond acceptors (Lipinski definition) is 3. The third-order valence-electron chi connectivity index (χ3n) is 6.46. The van der Waals surface area contributed by atoms with E-state index in [9.17, 15) is 8.42 Å². The Morgan fingerprint density at radius 3 is 2.47 bits per heavy atom. The first kappa shape index (κ1) is 21.0. The van der Waals surface area contributed by atoms with Crippen molar-refractivity contribution in [3.8, 4) is 0 Å². The van der Waals surface area contributed by atoms with Crippen molar-refractivity contribution in [2.45, 2.75) is 19.3 Å². The van der Waals surface area contributed by atoms with Crippen molar-refractivity contribution < 1.29 is 8.42 Å². The number of fused-ring (bicyclic) bond motifs is 2. The highest BCUT2D eigenvalue weighted by Gasteiger charge is 2.21. The number of piperidine rings is 1. The lowest BCUT2D eigenvalue weighted by atomic mass is 9.91. The molecule has 0 aliphatic carbocycles. The van der Waals surface area contributed by atoms with Crippen LogP contribution in [0.4, 0.5) is 0 Å². The first-order chi connectivity index (χ1) is 15.6. The van der Waals surface area contributed by atoms with E-state index in [1.807, 2.05) is 60.8 Å². The van der Waals surface area contributed by atoms with E-state index in [2.05, 4.69) is 23.5 Å². The molecule has 1 aromatic heterocycles. The lowest BCUT2D eigenvalue weighted by Crippen LogP contribution is -2.28. The zero-order valence-corrected chi connectivity index (χ0v) is 18.9. The normalized spacial score (nSPS) is 15.8. The summed E-state index contributed by atoms with van der Waals surface area (Å²) in [4.78, 5) is 0. The predicted octanol–water partition coefficient (Wildman–Crippen LogP) is 5.23. The van der Waals surface area contributed by atoms with Crippen molar-refractivity contribution in [1.29, 1.82) is 0 Å². The molecule has 1 aliphatic heterocycles. The van der Waals surface area contributed by atoms with Gasteiger partial charge in [-0.3, -0.25) is 0 Å². The van der Waals surface area contributed by atoms with Gasteiger partial charge in [0.05, 0.1) is 11.3 Å². The van der Waals surface area contributed by atoms with Gasteiger partial charge in [-0.2, -0.15) is 0 Å². The van der Waals surface area contributed by atoms with Crippen LogP contribution in [0.5, 0.6) is 0 Å². The Hall–Kier alpha value is -2.89. The van der Waals surface area contributed by atoms with E-state index in [1.165, 1.54) is 3.97 Å². The second-order valence-electron chi connectivity index (χ2n) is 8.61. The molecule has 1 saturated heterocycles. The van der Waals surface area contributed by atoms with E-state index in [0.717, 1.165) is 65.2 Å². The molecule has 0 atom stereocenters. The van der Waals surface area contributed by atoms with Gasteiger partial charge in [-0.1, -0.05) is 72.8 Å². The molecule has 0 saturated carbocycles. The predicted molar refractivity (Wildman–Crippen MR) is 133 cm³/mol. The fraction of sp³-hybridized carbons (Fsp3) is 0.259. The summed E-state index contributed by atoms with van der Waals surface area (Å²) in [6.07, 6.45) is 8.74. The average molecular weight is 445 g/mol. The molecular weight excluding hydrogens is 416 g/mol. The second-order valence-corrected chi connectivity index (χ2v) is 10.5. The lowest BCUT2D eigenvalue weighted by Gasteiger charge is -2.22. The second kappa shape index (κ2) is 8.93. The van der Waals surface area contributed by atoms with Gasteiger partial charge in [0.1, 0.15) is 0 Å². The molecule has 2 heterocycles. The van der Waals surface area contributed by atoms with E-state index in [0.29, 0.717) is 5.92 Å². The molecule has 1 aliphatic rings. The van der Waals surface area contributed by atoms with Crippen LogP contribution < -0.4 is 5.32 Å². The van der Waals surface area contributed by atoms with Gasteiger partial charge in [-0.15, -0.1) is 0 Å². The summed E-state index contributed by atoms with van der Waals surface area (Å²) in [7, 11) is -3.51. The van der Waals surface area contributed by atoms with Gasteiger partial charge in [-0.05, 0) is 66.2 Å². The van der Waals surface area contributed by atoms with Crippen LogP contribution in [0, 0.1) is 5.92 Å². The lowest BCUT2D eigenvalue weighted by molar-refractivity contribution is 0.373. The van der Waals surface area contributed by atoms with Crippen molar-refractivity contribution in [3.63, 3.8) is 0 Å².